The predicted octanol–water partition coefficient (Wildman–Crippen LogP) is 2.46. The molecule has 0 aromatic heterocycles. The van der Waals surface area contributed by atoms with E-state index in [9.17, 15) is 19.8 Å². The smallest absolute Gasteiger partial charge is 0.311 e. The van der Waals surface area contributed by atoms with Gasteiger partial charge in [-0.15, -0.1) is 0 Å². The predicted molar refractivity (Wildman–Crippen MR) is 78.3 cm³/mol. The van der Waals surface area contributed by atoms with Crippen LogP contribution in [0.4, 0.5) is 0 Å². The van der Waals surface area contributed by atoms with Gasteiger partial charge >= 0.3 is 5.97 Å². The van der Waals surface area contributed by atoms with Gasteiger partial charge in [-0.1, -0.05) is 12.8 Å². The largest absolute Gasteiger partial charge is 0.508 e. The number of carboxylic acids is 1. The number of aliphatic carboxylic acids is 1. The Morgan fingerprint density at radius 1 is 1.33 bits per heavy atom. The first-order valence-electron chi connectivity index (χ1n) is 7.18. The zero-order valence-corrected chi connectivity index (χ0v) is 12.3. The summed E-state index contributed by atoms with van der Waals surface area (Å²) in [6.45, 7) is 3.44. The monoisotopic (exact) mass is 291 g/mol. The number of rotatable bonds is 3. The summed E-state index contributed by atoms with van der Waals surface area (Å²) in [6, 6.07) is 4.16. The van der Waals surface area contributed by atoms with Crippen LogP contribution >= 0.6 is 0 Å². The van der Waals surface area contributed by atoms with Crippen molar-refractivity contribution in [1.82, 2.24) is 5.32 Å². The van der Waals surface area contributed by atoms with Gasteiger partial charge in [0.1, 0.15) is 5.75 Å². The number of hydrogen-bond donors (Lipinski definition) is 3. The van der Waals surface area contributed by atoms with Crippen LogP contribution < -0.4 is 5.32 Å². The van der Waals surface area contributed by atoms with Crippen LogP contribution in [0.25, 0.3) is 0 Å². The lowest BCUT2D eigenvalue weighted by atomic mass is 9.71. The summed E-state index contributed by atoms with van der Waals surface area (Å²) in [5.41, 5.74) is 0.213. The molecule has 1 aromatic rings. The van der Waals surface area contributed by atoms with E-state index in [0.717, 1.165) is 12.8 Å². The fourth-order valence-electron chi connectivity index (χ4n) is 2.96. The van der Waals surface area contributed by atoms with Crippen LogP contribution in [-0.2, 0) is 4.79 Å². The molecule has 3 N–H and O–H groups in total. The van der Waals surface area contributed by atoms with E-state index in [0.29, 0.717) is 24.0 Å². The highest BCUT2D eigenvalue weighted by atomic mass is 16.4. The number of benzene rings is 1. The Hall–Kier alpha value is -2.04. The van der Waals surface area contributed by atoms with Crippen molar-refractivity contribution in [2.24, 2.45) is 5.41 Å². The third kappa shape index (κ3) is 3.01. The molecule has 1 aliphatic carbocycles. The van der Waals surface area contributed by atoms with Crippen LogP contribution in [0.2, 0.25) is 0 Å². The maximum atomic E-state index is 12.4. The number of hydrogen-bond acceptors (Lipinski definition) is 3. The van der Waals surface area contributed by atoms with Crippen LogP contribution in [0.5, 0.6) is 5.75 Å². The van der Waals surface area contributed by atoms with Gasteiger partial charge in [0.25, 0.3) is 5.91 Å². The maximum absolute atomic E-state index is 12.4. The van der Waals surface area contributed by atoms with Gasteiger partial charge in [-0.25, -0.2) is 0 Å². The van der Waals surface area contributed by atoms with E-state index in [1.165, 1.54) is 12.1 Å². The fourth-order valence-corrected chi connectivity index (χ4v) is 2.96. The molecule has 1 saturated carbocycles. The van der Waals surface area contributed by atoms with Crippen molar-refractivity contribution < 1.29 is 19.8 Å². The molecule has 5 heteroatoms. The van der Waals surface area contributed by atoms with Gasteiger partial charge in [0.05, 0.1) is 5.41 Å². The Morgan fingerprint density at radius 3 is 2.67 bits per heavy atom. The second kappa shape index (κ2) is 5.76. The summed E-state index contributed by atoms with van der Waals surface area (Å²) in [4.78, 5) is 23.9. The molecule has 2 atom stereocenters. The van der Waals surface area contributed by atoms with Gasteiger partial charge in [0.15, 0.2) is 0 Å². The summed E-state index contributed by atoms with van der Waals surface area (Å²) < 4.78 is 0. The molecule has 0 heterocycles. The molecule has 1 aromatic carbocycles. The van der Waals surface area contributed by atoms with E-state index in [1.54, 1.807) is 19.9 Å². The minimum absolute atomic E-state index is 0.108. The molecular weight excluding hydrogens is 270 g/mol. The summed E-state index contributed by atoms with van der Waals surface area (Å²) in [7, 11) is 0. The molecular formula is C16H21NO4. The first-order valence-corrected chi connectivity index (χ1v) is 7.18. The summed E-state index contributed by atoms with van der Waals surface area (Å²) in [6.07, 6.45) is 3.03. The Morgan fingerprint density at radius 2 is 2.05 bits per heavy atom. The fraction of sp³-hybridized carbons (Fsp3) is 0.500. The molecule has 114 valence electrons. The first kappa shape index (κ1) is 15.4. The highest BCUT2D eigenvalue weighted by molar-refractivity contribution is 5.96. The van der Waals surface area contributed by atoms with Crippen LogP contribution in [0, 0.1) is 12.3 Å². The molecule has 0 saturated heterocycles. The van der Waals surface area contributed by atoms with Crippen LogP contribution in [0.15, 0.2) is 18.2 Å². The van der Waals surface area contributed by atoms with E-state index < -0.39 is 11.4 Å². The van der Waals surface area contributed by atoms with Gasteiger partial charge < -0.3 is 15.5 Å². The highest BCUT2D eigenvalue weighted by Crippen LogP contribution is 2.36. The third-order valence-electron chi connectivity index (χ3n) is 4.46. The van der Waals surface area contributed by atoms with Gasteiger partial charge in [-0.2, -0.15) is 0 Å². The molecule has 2 unspecified atom stereocenters. The molecule has 0 bridgehead atoms. The van der Waals surface area contributed by atoms with Crippen molar-refractivity contribution in [3.8, 4) is 5.75 Å². The average Bonchev–Trinajstić information content (AvgIpc) is 2.41. The maximum Gasteiger partial charge on any atom is 0.311 e. The van der Waals surface area contributed by atoms with Crippen LogP contribution in [-0.4, -0.2) is 28.1 Å². The van der Waals surface area contributed by atoms with Gasteiger partial charge in [-0.3, -0.25) is 9.59 Å². The molecule has 1 aliphatic rings. The zero-order valence-electron chi connectivity index (χ0n) is 12.3. The molecule has 2 rings (SSSR count). The Labute approximate surface area is 124 Å². The quantitative estimate of drug-likeness (QED) is 0.798. The van der Waals surface area contributed by atoms with E-state index in [1.807, 2.05) is 0 Å². The zero-order chi connectivity index (χ0) is 15.6. The van der Waals surface area contributed by atoms with Crippen molar-refractivity contribution in [3.05, 3.63) is 29.3 Å². The molecule has 0 radical (unpaired) electrons. The Kier molecular flexibility index (Phi) is 4.21. The second-order valence-electron chi connectivity index (χ2n) is 5.99. The lowest BCUT2D eigenvalue weighted by molar-refractivity contribution is -0.151. The molecule has 0 spiro atoms. The second-order valence-corrected chi connectivity index (χ2v) is 5.99. The minimum atomic E-state index is -0.918. The van der Waals surface area contributed by atoms with Crippen molar-refractivity contribution in [2.45, 2.75) is 45.6 Å². The number of carbonyl (C=O) groups is 2. The molecule has 5 nitrogen and oxygen atoms in total. The number of phenols is 1. The molecule has 0 aliphatic heterocycles. The van der Waals surface area contributed by atoms with E-state index >= 15 is 0 Å². The number of amides is 1. The molecule has 1 amide bonds. The average molecular weight is 291 g/mol. The minimum Gasteiger partial charge on any atom is -0.508 e. The van der Waals surface area contributed by atoms with Crippen LogP contribution in [0.3, 0.4) is 0 Å². The highest BCUT2D eigenvalue weighted by Gasteiger charge is 2.43. The lowest BCUT2D eigenvalue weighted by Gasteiger charge is -2.38. The third-order valence-corrected chi connectivity index (χ3v) is 4.46. The van der Waals surface area contributed by atoms with Gasteiger partial charge in [0.2, 0.25) is 0 Å². The van der Waals surface area contributed by atoms with Crippen molar-refractivity contribution in [1.29, 1.82) is 0 Å². The van der Waals surface area contributed by atoms with Gasteiger partial charge in [0, 0.05) is 11.6 Å². The molecule has 21 heavy (non-hydrogen) atoms. The molecule has 1 fully saturated rings. The van der Waals surface area contributed by atoms with E-state index in [-0.39, 0.29) is 17.7 Å². The SMILES string of the molecule is Cc1cc(O)ccc1C(=O)NC1CCCCC1(C)C(=O)O. The number of carboxylic acid groups (broad SMARTS) is 1. The summed E-state index contributed by atoms with van der Waals surface area (Å²) in [5, 5.41) is 21.7. The van der Waals surface area contributed by atoms with Crippen molar-refractivity contribution >= 4 is 11.9 Å². The Balaban J connectivity index is 2.19. The van der Waals surface area contributed by atoms with Crippen LogP contribution in [0.1, 0.15) is 48.5 Å². The summed E-state index contributed by atoms with van der Waals surface area (Å²) >= 11 is 0. The van der Waals surface area contributed by atoms with Crippen molar-refractivity contribution in [2.75, 3.05) is 0 Å². The number of aromatic hydroxyl groups is 1. The topological polar surface area (TPSA) is 86.6 Å². The van der Waals surface area contributed by atoms with E-state index in [4.69, 9.17) is 0 Å². The lowest BCUT2D eigenvalue weighted by Crippen LogP contribution is -2.52. The normalized spacial score (nSPS) is 25.3. The number of phenolic OH excluding ortho intramolecular Hbond substituents is 1. The van der Waals surface area contributed by atoms with Crippen molar-refractivity contribution in [3.63, 3.8) is 0 Å². The number of nitrogens with one attached hydrogen (secondary N) is 1. The summed E-state index contributed by atoms with van der Waals surface area (Å²) in [5.74, 6) is -1.04. The number of carbonyl (C=O) groups excluding carboxylic acids is 1. The number of aryl methyl sites for hydroxylation is 1. The standard InChI is InChI=1S/C16H21NO4/c1-10-9-11(18)6-7-12(10)14(19)17-13-5-3-4-8-16(13,2)15(20)21/h6-7,9,13,18H,3-5,8H2,1-2H3,(H,17,19)(H,20,21). The van der Waals surface area contributed by atoms with Gasteiger partial charge in [-0.05, 0) is 50.5 Å². The van der Waals surface area contributed by atoms with E-state index in [2.05, 4.69) is 5.32 Å². The Bertz CT molecular complexity index is 569. The first-order chi connectivity index (χ1) is 9.84.